The van der Waals surface area contributed by atoms with E-state index in [1.807, 2.05) is 12.1 Å². The first kappa shape index (κ1) is 19.0. The molecule has 140 valence electrons. The van der Waals surface area contributed by atoms with Gasteiger partial charge in [-0.15, -0.1) is 11.3 Å². The summed E-state index contributed by atoms with van der Waals surface area (Å²) in [6.07, 6.45) is 0. The fourth-order valence-corrected chi connectivity index (χ4v) is 5.77. The van der Waals surface area contributed by atoms with Crippen molar-refractivity contribution in [2.24, 2.45) is 0 Å². The van der Waals surface area contributed by atoms with Crippen molar-refractivity contribution in [2.75, 3.05) is 33.3 Å². The summed E-state index contributed by atoms with van der Waals surface area (Å²) >= 11 is 1.09. The second-order valence-corrected chi connectivity index (χ2v) is 9.03. The number of benzene rings is 1. The van der Waals surface area contributed by atoms with Crippen LogP contribution in [0.2, 0.25) is 0 Å². The lowest BCUT2D eigenvalue weighted by Crippen LogP contribution is -2.48. The second kappa shape index (κ2) is 7.87. The minimum Gasteiger partial charge on any atom is -0.465 e. The molecule has 1 saturated heterocycles. The summed E-state index contributed by atoms with van der Waals surface area (Å²) < 4.78 is 32.0. The first-order valence-corrected chi connectivity index (χ1v) is 10.7. The predicted molar refractivity (Wildman–Crippen MR) is 101 cm³/mol. The van der Waals surface area contributed by atoms with Gasteiger partial charge in [0, 0.05) is 32.7 Å². The molecule has 3 rings (SSSR count). The number of sulfonamides is 1. The molecule has 1 aromatic carbocycles. The molecule has 0 amide bonds. The van der Waals surface area contributed by atoms with E-state index in [2.05, 4.69) is 24.0 Å². The Hall–Kier alpha value is -1.74. The van der Waals surface area contributed by atoms with Gasteiger partial charge in [-0.05, 0) is 29.5 Å². The van der Waals surface area contributed by atoms with Gasteiger partial charge in [0.05, 0.1) is 7.11 Å². The molecule has 0 N–H and O–H groups in total. The van der Waals surface area contributed by atoms with E-state index in [1.54, 1.807) is 5.38 Å². The zero-order chi connectivity index (χ0) is 18.7. The molecule has 1 aliphatic rings. The molecule has 0 radical (unpaired) electrons. The van der Waals surface area contributed by atoms with Crippen molar-refractivity contribution in [3.63, 3.8) is 0 Å². The smallest absolute Gasteiger partial charge is 0.349 e. The summed E-state index contributed by atoms with van der Waals surface area (Å²) in [5, 5.41) is 1.60. The van der Waals surface area contributed by atoms with Gasteiger partial charge in [-0.2, -0.15) is 4.31 Å². The summed E-state index contributed by atoms with van der Waals surface area (Å²) in [7, 11) is -2.44. The summed E-state index contributed by atoms with van der Waals surface area (Å²) in [4.78, 5) is 14.2. The highest BCUT2D eigenvalue weighted by Gasteiger charge is 2.32. The molecule has 1 aliphatic heterocycles. The number of carbonyl (C=O) groups excluding carboxylic acids is 1. The Kier molecular flexibility index (Phi) is 5.76. The fourth-order valence-electron chi connectivity index (χ4n) is 3.04. The van der Waals surface area contributed by atoms with Crippen molar-refractivity contribution in [3.8, 4) is 0 Å². The molecule has 0 bridgehead atoms. The number of aryl methyl sites for hydroxylation is 1. The van der Waals surface area contributed by atoms with Crippen LogP contribution in [0.15, 0.2) is 40.6 Å². The van der Waals surface area contributed by atoms with Gasteiger partial charge in [0.2, 0.25) is 10.0 Å². The summed E-state index contributed by atoms with van der Waals surface area (Å²) in [6.45, 7) is 5.03. The number of ether oxygens (including phenoxy) is 1. The minimum atomic E-state index is -3.69. The van der Waals surface area contributed by atoms with E-state index >= 15 is 0 Å². The number of rotatable bonds is 5. The standard InChI is InChI=1S/C18H22N2O4S2/c1-14-5-3-4-6-15(14)13-19-8-10-20(11-9-19)26(22,23)16-7-12-25-17(16)18(21)24-2/h3-7,12H,8-11,13H2,1-2H3. The van der Waals surface area contributed by atoms with E-state index in [9.17, 15) is 13.2 Å². The third-order valence-corrected chi connectivity index (χ3v) is 7.57. The first-order chi connectivity index (χ1) is 12.4. The van der Waals surface area contributed by atoms with Crippen molar-refractivity contribution in [3.05, 3.63) is 51.7 Å². The van der Waals surface area contributed by atoms with Crippen molar-refractivity contribution in [1.82, 2.24) is 9.21 Å². The van der Waals surface area contributed by atoms with Crippen molar-refractivity contribution >= 4 is 27.3 Å². The van der Waals surface area contributed by atoms with E-state index in [1.165, 1.54) is 28.6 Å². The average Bonchev–Trinajstić information content (AvgIpc) is 3.14. The van der Waals surface area contributed by atoms with Gasteiger partial charge in [0.25, 0.3) is 0 Å². The topological polar surface area (TPSA) is 66.9 Å². The molecule has 0 unspecified atom stereocenters. The molecule has 8 heteroatoms. The second-order valence-electron chi connectivity index (χ2n) is 6.21. The monoisotopic (exact) mass is 394 g/mol. The quantitative estimate of drug-likeness (QED) is 0.729. The van der Waals surface area contributed by atoms with Crippen LogP contribution in [0, 0.1) is 6.92 Å². The number of hydrogen-bond acceptors (Lipinski definition) is 6. The maximum absolute atomic E-state index is 12.9. The van der Waals surface area contributed by atoms with Crippen LogP contribution in [-0.2, 0) is 21.3 Å². The molecule has 0 aliphatic carbocycles. The Morgan fingerprint density at radius 2 is 1.85 bits per heavy atom. The van der Waals surface area contributed by atoms with Gasteiger partial charge < -0.3 is 4.74 Å². The van der Waals surface area contributed by atoms with Gasteiger partial charge in [0.15, 0.2) is 0 Å². The molecule has 2 heterocycles. The number of hydrogen-bond donors (Lipinski definition) is 0. The Labute approximate surface area is 158 Å². The van der Waals surface area contributed by atoms with Gasteiger partial charge in [-0.1, -0.05) is 24.3 Å². The molecule has 6 nitrogen and oxygen atoms in total. The highest BCUT2D eigenvalue weighted by atomic mass is 32.2. The predicted octanol–water partition coefficient (Wildman–Crippen LogP) is 2.35. The number of esters is 1. The Bertz CT molecular complexity index is 884. The van der Waals surface area contributed by atoms with E-state index in [0.717, 1.165) is 17.9 Å². The van der Waals surface area contributed by atoms with Crippen LogP contribution >= 0.6 is 11.3 Å². The zero-order valence-corrected chi connectivity index (χ0v) is 16.5. The highest BCUT2D eigenvalue weighted by molar-refractivity contribution is 7.89. The Balaban J connectivity index is 1.69. The van der Waals surface area contributed by atoms with Crippen molar-refractivity contribution < 1.29 is 17.9 Å². The summed E-state index contributed by atoms with van der Waals surface area (Å²) in [5.74, 6) is -0.614. The molecule has 2 aromatic rings. The molecular weight excluding hydrogens is 372 g/mol. The van der Waals surface area contributed by atoms with Crippen molar-refractivity contribution in [2.45, 2.75) is 18.4 Å². The first-order valence-electron chi connectivity index (χ1n) is 8.36. The lowest BCUT2D eigenvalue weighted by molar-refractivity contribution is 0.0602. The Morgan fingerprint density at radius 1 is 1.15 bits per heavy atom. The average molecular weight is 395 g/mol. The van der Waals surface area contributed by atoms with Gasteiger partial charge >= 0.3 is 5.97 Å². The van der Waals surface area contributed by atoms with Gasteiger partial charge in [0.1, 0.15) is 9.77 Å². The number of piperazine rings is 1. The number of thiophene rings is 1. The highest BCUT2D eigenvalue weighted by Crippen LogP contribution is 2.27. The van der Waals surface area contributed by atoms with E-state index in [-0.39, 0.29) is 9.77 Å². The third kappa shape index (κ3) is 3.83. The zero-order valence-electron chi connectivity index (χ0n) is 14.8. The van der Waals surface area contributed by atoms with E-state index in [0.29, 0.717) is 26.2 Å². The van der Waals surface area contributed by atoms with Crippen LogP contribution in [-0.4, -0.2) is 56.9 Å². The number of nitrogens with zero attached hydrogens (tertiary/aromatic N) is 2. The summed E-state index contributed by atoms with van der Waals surface area (Å²) in [6, 6.07) is 9.70. The van der Waals surface area contributed by atoms with Crippen LogP contribution in [0.25, 0.3) is 0 Å². The molecular formula is C18H22N2O4S2. The van der Waals surface area contributed by atoms with Crippen LogP contribution in [0.3, 0.4) is 0 Å². The molecule has 26 heavy (non-hydrogen) atoms. The van der Waals surface area contributed by atoms with Gasteiger partial charge in [-0.25, -0.2) is 13.2 Å². The van der Waals surface area contributed by atoms with E-state index in [4.69, 9.17) is 4.74 Å². The lowest BCUT2D eigenvalue weighted by Gasteiger charge is -2.34. The molecule has 1 aromatic heterocycles. The molecule has 1 fully saturated rings. The lowest BCUT2D eigenvalue weighted by atomic mass is 10.1. The van der Waals surface area contributed by atoms with Crippen LogP contribution in [0.1, 0.15) is 20.8 Å². The normalized spacial score (nSPS) is 16.5. The van der Waals surface area contributed by atoms with Crippen LogP contribution in [0.4, 0.5) is 0 Å². The third-order valence-electron chi connectivity index (χ3n) is 4.60. The van der Waals surface area contributed by atoms with Gasteiger partial charge in [-0.3, -0.25) is 4.90 Å². The molecule has 0 spiro atoms. The number of carbonyl (C=O) groups is 1. The largest absolute Gasteiger partial charge is 0.465 e. The van der Waals surface area contributed by atoms with Crippen LogP contribution < -0.4 is 0 Å². The number of methoxy groups -OCH3 is 1. The fraction of sp³-hybridized carbons (Fsp3) is 0.389. The van der Waals surface area contributed by atoms with E-state index < -0.39 is 16.0 Å². The maximum atomic E-state index is 12.9. The van der Waals surface area contributed by atoms with Crippen molar-refractivity contribution in [1.29, 1.82) is 0 Å². The summed E-state index contributed by atoms with van der Waals surface area (Å²) in [5.41, 5.74) is 2.50. The minimum absolute atomic E-state index is 0.0432. The maximum Gasteiger partial charge on any atom is 0.349 e. The van der Waals surface area contributed by atoms with Crippen LogP contribution in [0.5, 0.6) is 0 Å². The SMILES string of the molecule is COC(=O)c1sccc1S(=O)(=O)N1CCN(Cc2ccccc2C)CC1. The molecule has 0 atom stereocenters. The molecule has 0 saturated carbocycles. The Morgan fingerprint density at radius 3 is 2.50 bits per heavy atom.